The van der Waals surface area contributed by atoms with Crippen molar-refractivity contribution in [1.29, 1.82) is 0 Å². The van der Waals surface area contributed by atoms with E-state index in [1.807, 2.05) is 0 Å². The van der Waals surface area contributed by atoms with Gasteiger partial charge in [-0.1, -0.05) is 38.1 Å². The molecule has 1 aromatic rings. The Morgan fingerprint density at radius 1 is 1.21 bits per heavy atom. The largest absolute Gasteiger partial charge is 0.326 e. The molecule has 0 bridgehead atoms. The number of hydrogen-bond donors (Lipinski definition) is 1. The molecular formula is C17H28N2. The van der Waals surface area contributed by atoms with Crippen molar-refractivity contribution in [3.05, 3.63) is 35.4 Å². The van der Waals surface area contributed by atoms with E-state index in [9.17, 15) is 0 Å². The lowest BCUT2D eigenvalue weighted by Gasteiger charge is -2.21. The van der Waals surface area contributed by atoms with E-state index in [-0.39, 0.29) is 0 Å². The Balaban J connectivity index is 1.92. The van der Waals surface area contributed by atoms with Crippen molar-refractivity contribution in [3.63, 3.8) is 0 Å². The molecule has 106 valence electrons. The van der Waals surface area contributed by atoms with E-state index in [1.54, 1.807) is 0 Å². The quantitative estimate of drug-likeness (QED) is 0.899. The van der Waals surface area contributed by atoms with Crippen LogP contribution in [0.1, 0.15) is 44.2 Å². The van der Waals surface area contributed by atoms with Crippen molar-refractivity contribution >= 4 is 0 Å². The summed E-state index contributed by atoms with van der Waals surface area (Å²) in [6, 6.07) is 8.72. The fourth-order valence-corrected chi connectivity index (χ4v) is 3.12. The minimum Gasteiger partial charge on any atom is -0.326 e. The molecule has 1 heterocycles. The van der Waals surface area contributed by atoms with Crippen LogP contribution >= 0.6 is 0 Å². The predicted molar refractivity (Wildman–Crippen MR) is 81.8 cm³/mol. The maximum atomic E-state index is 5.71. The first-order valence-corrected chi connectivity index (χ1v) is 7.69. The number of nitrogens with two attached hydrogens (primary N) is 1. The minimum absolute atomic E-state index is 0.642. The lowest BCUT2D eigenvalue weighted by molar-refractivity contribution is 0.264. The maximum Gasteiger partial charge on any atom is 0.0233 e. The zero-order chi connectivity index (χ0) is 13.7. The van der Waals surface area contributed by atoms with Gasteiger partial charge in [-0.05, 0) is 55.3 Å². The topological polar surface area (TPSA) is 29.3 Å². The molecule has 1 fully saturated rings. The fraction of sp³-hybridized carbons (Fsp3) is 0.647. The van der Waals surface area contributed by atoms with Crippen LogP contribution in [0, 0.1) is 11.8 Å². The standard InChI is InChI=1S/C17H28N2/c1-14(2)17-7-4-9-19(10-8-17)13-16-6-3-5-15(11-16)12-18/h3,5-6,11,14,17H,4,7-10,12-13,18H2,1-2H3. The molecule has 1 saturated heterocycles. The number of rotatable bonds is 4. The average molecular weight is 260 g/mol. The van der Waals surface area contributed by atoms with Gasteiger partial charge >= 0.3 is 0 Å². The monoisotopic (exact) mass is 260 g/mol. The van der Waals surface area contributed by atoms with E-state index in [2.05, 4.69) is 43.0 Å². The third-order valence-corrected chi connectivity index (χ3v) is 4.44. The summed E-state index contributed by atoms with van der Waals surface area (Å²) >= 11 is 0. The SMILES string of the molecule is CC(C)C1CCCN(Cc2cccc(CN)c2)CC1. The van der Waals surface area contributed by atoms with Gasteiger partial charge in [-0.15, -0.1) is 0 Å². The van der Waals surface area contributed by atoms with E-state index < -0.39 is 0 Å². The molecule has 1 aromatic carbocycles. The second-order valence-corrected chi connectivity index (χ2v) is 6.24. The Bertz CT molecular complexity index is 387. The van der Waals surface area contributed by atoms with Gasteiger partial charge in [0.25, 0.3) is 0 Å². The molecule has 0 radical (unpaired) electrons. The van der Waals surface area contributed by atoms with Crippen molar-refractivity contribution in [2.24, 2.45) is 17.6 Å². The van der Waals surface area contributed by atoms with Crippen molar-refractivity contribution in [2.45, 2.75) is 46.2 Å². The summed E-state index contributed by atoms with van der Waals surface area (Å²) in [6.07, 6.45) is 4.10. The van der Waals surface area contributed by atoms with Gasteiger partial charge in [-0.3, -0.25) is 4.90 Å². The first-order chi connectivity index (χ1) is 9.19. The first kappa shape index (κ1) is 14.5. The van der Waals surface area contributed by atoms with Gasteiger partial charge in [0.05, 0.1) is 0 Å². The lowest BCUT2D eigenvalue weighted by Crippen LogP contribution is -2.24. The molecule has 2 N–H and O–H groups in total. The summed E-state index contributed by atoms with van der Waals surface area (Å²) in [5, 5.41) is 0. The molecule has 0 aromatic heterocycles. The van der Waals surface area contributed by atoms with E-state index in [0.717, 1.165) is 18.4 Å². The van der Waals surface area contributed by atoms with Gasteiger partial charge in [0.1, 0.15) is 0 Å². The Hall–Kier alpha value is -0.860. The van der Waals surface area contributed by atoms with Crippen LogP contribution in [0.2, 0.25) is 0 Å². The summed E-state index contributed by atoms with van der Waals surface area (Å²) in [6.45, 7) is 8.95. The first-order valence-electron chi connectivity index (χ1n) is 7.69. The van der Waals surface area contributed by atoms with E-state index >= 15 is 0 Å². The highest BCUT2D eigenvalue weighted by Gasteiger charge is 2.19. The number of hydrogen-bond acceptors (Lipinski definition) is 2. The molecule has 0 saturated carbocycles. The Kier molecular flexibility index (Phi) is 5.41. The molecule has 2 heteroatoms. The van der Waals surface area contributed by atoms with Gasteiger partial charge in [0, 0.05) is 13.1 Å². The highest BCUT2D eigenvalue weighted by molar-refractivity contribution is 5.23. The van der Waals surface area contributed by atoms with Gasteiger partial charge in [-0.25, -0.2) is 0 Å². The van der Waals surface area contributed by atoms with Crippen LogP contribution in [0.5, 0.6) is 0 Å². The molecule has 0 amide bonds. The molecule has 19 heavy (non-hydrogen) atoms. The summed E-state index contributed by atoms with van der Waals surface area (Å²) in [7, 11) is 0. The normalized spacial score (nSPS) is 21.6. The van der Waals surface area contributed by atoms with Gasteiger partial charge in [-0.2, -0.15) is 0 Å². The van der Waals surface area contributed by atoms with Gasteiger partial charge < -0.3 is 5.73 Å². The highest BCUT2D eigenvalue weighted by atomic mass is 15.1. The second kappa shape index (κ2) is 7.06. The highest BCUT2D eigenvalue weighted by Crippen LogP contribution is 2.25. The Morgan fingerprint density at radius 3 is 2.74 bits per heavy atom. The van der Waals surface area contributed by atoms with Crippen molar-refractivity contribution in [3.8, 4) is 0 Å². The minimum atomic E-state index is 0.642. The summed E-state index contributed by atoms with van der Waals surface area (Å²) in [4.78, 5) is 2.61. The molecule has 1 unspecified atom stereocenters. The van der Waals surface area contributed by atoms with Crippen LogP contribution in [-0.2, 0) is 13.1 Å². The summed E-state index contributed by atoms with van der Waals surface area (Å²) in [5.41, 5.74) is 8.37. The van der Waals surface area contributed by atoms with Crippen LogP contribution in [0.3, 0.4) is 0 Å². The number of likely N-dealkylation sites (tertiary alicyclic amines) is 1. The van der Waals surface area contributed by atoms with E-state index in [0.29, 0.717) is 6.54 Å². The Labute approximate surface area is 118 Å². The fourth-order valence-electron chi connectivity index (χ4n) is 3.12. The van der Waals surface area contributed by atoms with E-state index in [4.69, 9.17) is 5.73 Å². The Morgan fingerprint density at radius 2 is 2.00 bits per heavy atom. The van der Waals surface area contributed by atoms with Gasteiger partial charge in [0.2, 0.25) is 0 Å². The van der Waals surface area contributed by atoms with Crippen molar-refractivity contribution in [1.82, 2.24) is 4.90 Å². The predicted octanol–water partition coefficient (Wildman–Crippen LogP) is 3.40. The lowest BCUT2D eigenvalue weighted by atomic mass is 9.89. The zero-order valence-corrected chi connectivity index (χ0v) is 12.4. The number of nitrogens with zero attached hydrogens (tertiary/aromatic N) is 1. The third-order valence-electron chi connectivity index (χ3n) is 4.44. The van der Waals surface area contributed by atoms with Crippen LogP contribution in [0.15, 0.2) is 24.3 Å². The molecule has 0 aliphatic carbocycles. The molecule has 0 spiro atoms. The second-order valence-electron chi connectivity index (χ2n) is 6.24. The third kappa shape index (κ3) is 4.32. The molecule has 1 aliphatic heterocycles. The van der Waals surface area contributed by atoms with Crippen LogP contribution in [-0.4, -0.2) is 18.0 Å². The molecule has 1 aliphatic rings. The molecule has 1 atom stereocenters. The smallest absolute Gasteiger partial charge is 0.0233 e. The average Bonchev–Trinajstić information content (AvgIpc) is 2.65. The maximum absolute atomic E-state index is 5.71. The molecule has 2 rings (SSSR count). The summed E-state index contributed by atoms with van der Waals surface area (Å²) < 4.78 is 0. The van der Waals surface area contributed by atoms with Crippen LogP contribution in [0.4, 0.5) is 0 Å². The van der Waals surface area contributed by atoms with Crippen molar-refractivity contribution < 1.29 is 0 Å². The van der Waals surface area contributed by atoms with Crippen LogP contribution in [0.25, 0.3) is 0 Å². The molecule has 2 nitrogen and oxygen atoms in total. The van der Waals surface area contributed by atoms with E-state index in [1.165, 1.54) is 43.5 Å². The van der Waals surface area contributed by atoms with Gasteiger partial charge in [0.15, 0.2) is 0 Å². The zero-order valence-electron chi connectivity index (χ0n) is 12.4. The molecular weight excluding hydrogens is 232 g/mol. The van der Waals surface area contributed by atoms with Crippen molar-refractivity contribution in [2.75, 3.05) is 13.1 Å². The number of benzene rings is 1. The van der Waals surface area contributed by atoms with Crippen LogP contribution < -0.4 is 5.73 Å². The summed E-state index contributed by atoms with van der Waals surface area (Å²) in [5.74, 6) is 1.75.